The van der Waals surface area contributed by atoms with Crippen LogP contribution in [0.3, 0.4) is 0 Å². The molecule has 5 aliphatic rings. The summed E-state index contributed by atoms with van der Waals surface area (Å²) in [6, 6.07) is 60.0. The lowest BCUT2D eigenvalue weighted by atomic mass is 9.87. The maximum Gasteiger partial charge on any atom is 0.332 e. The van der Waals surface area contributed by atoms with Crippen LogP contribution >= 0.6 is 0 Å². The van der Waals surface area contributed by atoms with Crippen LogP contribution in [-0.2, 0) is 43.6 Å². The Kier molecular flexibility index (Phi) is 40.8. The maximum atomic E-state index is 11.7. The molecule has 1 N–H and O–H groups in total. The van der Waals surface area contributed by atoms with Gasteiger partial charge in [0.05, 0.1) is 6.33 Å². The van der Waals surface area contributed by atoms with E-state index in [4.69, 9.17) is 5.21 Å². The van der Waals surface area contributed by atoms with E-state index in [0.717, 1.165) is 53.8 Å². The predicted octanol–water partition coefficient (Wildman–Crippen LogP) is 17.3. The summed E-state index contributed by atoms with van der Waals surface area (Å²) in [6.07, 6.45) is 20.6. The van der Waals surface area contributed by atoms with E-state index < -0.39 is 0 Å². The highest BCUT2D eigenvalue weighted by molar-refractivity contribution is 6.24. The Balaban J connectivity index is 0.000000296. The van der Waals surface area contributed by atoms with Gasteiger partial charge in [-0.1, -0.05) is 226 Å². The third-order valence-electron chi connectivity index (χ3n) is 17.0. The molecule has 0 saturated carbocycles. The predicted molar refractivity (Wildman–Crippen MR) is 419 cm³/mol. The van der Waals surface area contributed by atoms with E-state index in [9.17, 15) is 19.2 Å². The molecule has 536 valence electrons. The minimum atomic E-state index is -0.360. The standard InChI is InChI=1S/C14H14.C12H18N4.C12H15N.C10H12O2.C10H12.C8H10N4O2.C6H6.C5H6NO.4C2H6/c1-12(13-8-4-2-5-9-13)14-10-6-3-7-11-14;1-2-8-15(7-1)11-5-6-13-12(14-11)16-9-3-4-10-16;1-13-9-7-12(8-10-13)11-5-3-2-4-6-11;1-5-6(2)10(12)8(4)7(3)9(5)11;1-2-6-10-8-4-3-7-9(10)5-1;1-10-4-9-6-5(10)7(13)12(3)8(14)11(6)2;1-2-4-6-5-3-1;7-6-4-2-1-3-5-6;4*1-2/h2-12H,1H3;5-6H,1-4,7-10H2;2-7H,8-10H2,1H3;1-4H3;1-2,5-6H,3-4,7-8H2;4H,1-3H3;1-6H;1-5,7H;4*1-2H3/q;;;;;;;+1;;;;. The SMILES string of the molecule is CC.CC.CC.CC.CC(c1ccccc1)c1ccccc1.CC1=C(C)C(=O)C(C)=C(C)C1=O.CN1CC=C(c2ccccc2)CC1.Cn1c(=O)c2c(ncn2C)n(C)c1=O.O[n+]1ccccc1.c1cc(N2CCCC2)nc(N2CCCC2)n1.c1ccc2c(c1)CCCC2.c1ccccc1. The van der Waals surface area contributed by atoms with Crippen molar-refractivity contribution in [3.63, 3.8) is 0 Å². The molecule has 2 fully saturated rings. The number of anilines is 2. The van der Waals surface area contributed by atoms with Crippen molar-refractivity contribution >= 4 is 40.1 Å². The minimum absolute atomic E-state index is 0.00426. The zero-order valence-corrected chi connectivity index (χ0v) is 63.4. The molecule has 7 heterocycles. The number of nitrogens with zero attached hydrogens (tertiary/aromatic N) is 10. The number of likely N-dealkylation sites (N-methyl/N-ethyl adjacent to an activating group) is 1. The fourth-order valence-electron chi connectivity index (χ4n) is 11.1. The number of benzene rings is 5. The highest BCUT2D eigenvalue weighted by atomic mass is 16.5. The fourth-order valence-corrected chi connectivity index (χ4v) is 11.1. The topological polar surface area (TPSA) is 156 Å². The molecule has 0 amide bonds. The van der Waals surface area contributed by atoms with Crippen LogP contribution in [0.5, 0.6) is 0 Å². The Morgan fingerprint density at radius 2 is 0.870 bits per heavy atom. The normalized spacial score (nSPS) is 14.0. The largest absolute Gasteiger partial charge is 0.356 e. The van der Waals surface area contributed by atoms with Gasteiger partial charge >= 0.3 is 5.69 Å². The number of hydrogen-bond donors (Lipinski definition) is 1. The Morgan fingerprint density at radius 3 is 1.29 bits per heavy atom. The van der Waals surface area contributed by atoms with E-state index in [1.165, 1.54) is 105 Å². The summed E-state index contributed by atoms with van der Waals surface area (Å²) in [6.45, 7) is 31.8. The van der Waals surface area contributed by atoms with Gasteiger partial charge in [-0.25, -0.2) is 14.8 Å². The zero-order valence-electron chi connectivity index (χ0n) is 63.4. The van der Waals surface area contributed by atoms with E-state index in [-0.39, 0.29) is 22.8 Å². The number of fused-ring (bicyclic) bond motifs is 2. The summed E-state index contributed by atoms with van der Waals surface area (Å²) in [5.74, 6) is 2.52. The molecule has 100 heavy (non-hydrogen) atoms. The molecule has 2 aliphatic carbocycles. The molecule has 0 bridgehead atoms. The van der Waals surface area contributed by atoms with Gasteiger partial charge in [-0.2, -0.15) is 4.98 Å². The third-order valence-corrected chi connectivity index (χ3v) is 17.0. The number of Topliss-reactive ketones (excluding diaryl/α,β-unsaturated/α-hetero) is 2. The van der Waals surface area contributed by atoms with Gasteiger partial charge in [-0.05, 0) is 132 Å². The number of ketones is 2. The van der Waals surface area contributed by atoms with Gasteiger partial charge in [0.2, 0.25) is 18.3 Å². The van der Waals surface area contributed by atoms with Crippen LogP contribution in [0.25, 0.3) is 16.7 Å². The van der Waals surface area contributed by atoms with Crippen molar-refractivity contribution < 1.29 is 19.5 Å². The van der Waals surface area contributed by atoms with E-state index >= 15 is 0 Å². The molecule has 9 aromatic rings. The summed E-state index contributed by atoms with van der Waals surface area (Å²) in [5.41, 5.74) is 11.3. The van der Waals surface area contributed by atoms with Crippen molar-refractivity contribution in [2.24, 2.45) is 21.1 Å². The number of rotatable bonds is 5. The van der Waals surface area contributed by atoms with Gasteiger partial charge in [-0.15, -0.1) is 0 Å². The highest BCUT2D eigenvalue weighted by Gasteiger charge is 2.25. The Hall–Kier alpha value is -9.60. The first-order valence-electron chi connectivity index (χ1n) is 36.1. The summed E-state index contributed by atoms with van der Waals surface area (Å²) in [5, 5.41) is 8.55. The first kappa shape index (κ1) is 84.6. The quantitative estimate of drug-likeness (QED) is 0.0994. The molecule has 5 aromatic carbocycles. The van der Waals surface area contributed by atoms with E-state index in [2.05, 4.69) is 165 Å². The van der Waals surface area contributed by atoms with Gasteiger partial charge in [0.25, 0.3) is 5.56 Å². The van der Waals surface area contributed by atoms with E-state index in [1.807, 2.05) is 110 Å². The van der Waals surface area contributed by atoms with Crippen LogP contribution in [0.2, 0.25) is 0 Å². The Morgan fingerprint density at radius 1 is 0.460 bits per heavy atom. The summed E-state index contributed by atoms with van der Waals surface area (Å²) < 4.78 is 5.04. The van der Waals surface area contributed by atoms with Crippen molar-refractivity contribution in [2.45, 2.75) is 154 Å². The van der Waals surface area contributed by atoms with Gasteiger partial charge < -0.3 is 19.3 Å². The molecule has 0 radical (unpaired) electrons. The van der Waals surface area contributed by atoms with Crippen LogP contribution in [0.15, 0.2) is 239 Å². The smallest absolute Gasteiger partial charge is 0.332 e. The van der Waals surface area contributed by atoms with Gasteiger partial charge in [0.15, 0.2) is 22.7 Å². The van der Waals surface area contributed by atoms with E-state index in [0.29, 0.717) is 39.4 Å². The second-order valence-electron chi connectivity index (χ2n) is 23.5. The average Bonchev–Trinajstić information content (AvgIpc) is 1.56. The number of hydrogen-bond acceptors (Lipinski definition) is 11. The van der Waals surface area contributed by atoms with Crippen molar-refractivity contribution in [2.75, 3.05) is 56.1 Å². The number of carbonyl (C=O) groups is 2. The lowest BCUT2D eigenvalue weighted by Crippen LogP contribution is -2.37. The third kappa shape index (κ3) is 27.3. The monoisotopic (exact) mass is 1360 g/mol. The first-order chi connectivity index (χ1) is 48.5. The first-order valence-corrected chi connectivity index (χ1v) is 36.1. The molecular formula is C85H117N10O5+. The zero-order chi connectivity index (χ0) is 73.8. The van der Waals surface area contributed by atoms with Crippen molar-refractivity contribution in [1.82, 2.24) is 33.6 Å². The van der Waals surface area contributed by atoms with Crippen LogP contribution in [-0.4, -0.2) is 96.6 Å². The molecule has 15 nitrogen and oxygen atoms in total. The molecule has 15 heteroatoms. The molecule has 14 rings (SSSR count). The molecular weight excluding hydrogens is 1240 g/mol. The Bertz CT molecular complexity index is 3780. The van der Waals surface area contributed by atoms with Crippen LogP contribution in [0.4, 0.5) is 11.8 Å². The number of aryl methyl sites for hydroxylation is 4. The number of carbonyl (C=O) groups excluding carboxylic acids is 2. The number of pyridine rings is 1. The molecule has 0 spiro atoms. The molecule has 0 atom stereocenters. The Labute approximate surface area is 598 Å². The minimum Gasteiger partial charge on any atom is -0.356 e. The summed E-state index contributed by atoms with van der Waals surface area (Å²) >= 11 is 0. The van der Waals surface area contributed by atoms with Crippen molar-refractivity contribution in [3.8, 4) is 0 Å². The number of allylic oxidation sites excluding steroid dienone is 4. The van der Waals surface area contributed by atoms with Crippen molar-refractivity contribution in [3.05, 3.63) is 278 Å². The second-order valence-corrected chi connectivity index (χ2v) is 23.5. The summed E-state index contributed by atoms with van der Waals surface area (Å²) in [7, 11) is 6.94. The van der Waals surface area contributed by atoms with Gasteiger partial charge in [0.1, 0.15) is 5.82 Å². The maximum absolute atomic E-state index is 11.7. The van der Waals surface area contributed by atoms with Gasteiger partial charge in [-0.3, -0.25) is 28.7 Å². The van der Waals surface area contributed by atoms with Crippen LogP contribution < -0.4 is 25.8 Å². The van der Waals surface area contributed by atoms with Crippen LogP contribution in [0, 0.1) is 0 Å². The van der Waals surface area contributed by atoms with Gasteiger partial charge in [0, 0.05) is 112 Å². The average molecular weight is 1360 g/mol. The molecule has 0 unspecified atom stereocenters. The molecule has 3 aliphatic heterocycles. The van der Waals surface area contributed by atoms with Crippen LogP contribution in [0.1, 0.15) is 169 Å². The molecule has 2 saturated heterocycles. The number of imidazole rings is 1. The number of aromatic nitrogens is 7. The molecule has 4 aromatic heterocycles. The van der Waals surface area contributed by atoms with Crippen molar-refractivity contribution in [1.29, 1.82) is 0 Å². The lowest BCUT2D eigenvalue weighted by molar-refractivity contribution is -0.904. The second kappa shape index (κ2) is 48.2. The summed E-state index contributed by atoms with van der Waals surface area (Å²) in [4.78, 5) is 66.1. The fraction of sp³-hybridized carbons (Fsp3) is 0.388. The van der Waals surface area contributed by atoms with E-state index in [1.54, 1.807) is 82.0 Å². The lowest BCUT2D eigenvalue weighted by Gasteiger charge is -2.21. The highest BCUT2D eigenvalue weighted by Crippen LogP contribution is 2.26.